The molecule has 0 radical (unpaired) electrons. The van der Waals surface area contributed by atoms with Crippen molar-refractivity contribution < 1.29 is 9.84 Å². The summed E-state index contributed by atoms with van der Waals surface area (Å²) in [5, 5.41) is 10.2. The molecule has 1 aromatic carbocycles. The Kier molecular flexibility index (Phi) is 2.15. The smallest absolute Gasteiger partial charge is 0.143 e. The molecular weight excluding hydrogens is 190 g/mol. The molecule has 0 amide bonds. The van der Waals surface area contributed by atoms with Crippen LogP contribution in [0.25, 0.3) is 0 Å². The summed E-state index contributed by atoms with van der Waals surface area (Å²) in [7, 11) is 0. The average Bonchev–Trinajstić information content (AvgIpc) is 2.12. The van der Waals surface area contributed by atoms with E-state index < -0.39 is 6.10 Å². The Bertz CT molecular complexity index is 329. The van der Waals surface area contributed by atoms with E-state index in [1.54, 1.807) is 18.2 Å². The molecule has 2 rings (SSSR count). The molecule has 1 aliphatic rings. The number of aliphatic hydroxyl groups excluding tert-OH is 1. The zero-order chi connectivity index (χ0) is 9.42. The van der Waals surface area contributed by atoms with Gasteiger partial charge in [0.15, 0.2) is 0 Å². The van der Waals surface area contributed by atoms with E-state index in [1.807, 2.05) is 0 Å². The summed E-state index contributed by atoms with van der Waals surface area (Å²) in [5.74, 6) is 0.554. The molecular formula is C9H10ClNO2. The number of halogens is 1. The third-order valence-electron chi connectivity index (χ3n) is 2.14. The molecule has 0 aromatic heterocycles. The minimum absolute atomic E-state index is 0.303. The average molecular weight is 200 g/mol. The van der Waals surface area contributed by atoms with Crippen molar-refractivity contribution in [2.45, 2.75) is 12.1 Å². The highest BCUT2D eigenvalue weighted by Gasteiger charge is 2.27. The van der Waals surface area contributed by atoms with E-state index in [0.717, 1.165) is 0 Å². The first-order valence-electron chi connectivity index (χ1n) is 4.05. The molecule has 13 heavy (non-hydrogen) atoms. The second kappa shape index (κ2) is 3.18. The molecule has 0 saturated carbocycles. The molecule has 1 aliphatic heterocycles. The normalized spacial score (nSPS) is 26.4. The minimum Gasteiger partial charge on any atom is -0.490 e. The van der Waals surface area contributed by atoms with Gasteiger partial charge in [-0.3, -0.25) is 0 Å². The summed E-state index contributed by atoms with van der Waals surface area (Å²) in [5.41, 5.74) is 6.30. The van der Waals surface area contributed by atoms with Gasteiger partial charge >= 0.3 is 0 Å². The van der Waals surface area contributed by atoms with E-state index in [2.05, 4.69) is 0 Å². The molecule has 3 N–H and O–H groups in total. The molecule has 0 saturated heterocycles. The Morgan fingerprint density at radius 1 is 1.54 bits per heavy atom. The van der Waals surface area contributed by atoms with Crippen LogP contribution in [0.5, 0.6) is 5.75 Å². The molecule has 1 aromatic rings. The number of hydrogen-bond donors (Lipinski definition) is 2. The van der Waals surface area contributed by atoms with Crippen molar-refractivity contribution in [1.82, 2.24) is 0 Å². The number of hydrogen-bond acceptors (Lipinski definition) is 3. The first kappa shape index (κ1) is 8.81. The number of rotatable bonds is 0. The Morgan fingerprint density at radius 3 is 3.08 bits per heavy atom. The lowest BCUT2D eigenvalue weighted by Gasteiger charge is -2.27. The topological polar surface area (TPSA) is 55.5 Å². The van der Waals surface area contributed by atoms with Crippen LogP contribution in [0.4, 0.5) is 0 Å². The SMILES string of the molecule is NC1COc2c(Cl)cccc2C1O. The minimum atomic E-state index is -0.678. The third-order valence-corrected chi connectivity index (χ3v) is 2.44. The lowest BCUT2D eigenvalue weighted by Crippen LogP contribution is -2.38. The Morgan fingerprint density at radius 2 is 2.31 bits per heavy atom. The van der Waals surface area contributed by atoms with Gasteiger partial charge in [-0.05, 0) is 6.07 Å². The standard InChI is InChI=1S/C9H10ClNO2/c10-6-3-1-2-5-8(12)7(11)4-13-9(5)6/h1-3,7-8,12H,4,11H2. The highest BCUT2D eigenvalue weighted by atomic mass is 35.5. The van der Waals surface area contributed by atoms with Gasteiger partial charge in [0, 0.05) is 5.56 Å². The Labute approximate surface area is 81.1 Å². The molecule has 0 bridgehead atoms. The number of fused-ring (bicyclic) bond motifs is 1. The van der Waals surface area contributed by atoms with E-state index in [4.69, 9.17) is 22.1 Å². The quantitative estimate of drug-likeness (QED) is 0.658. The second-order valence-corrected chi connectivity index (χ2v) is 3.49. The van der Waals surface area contributed by atoms with Gasteiger partial charge in [0.1, 0.15) is 18.5 Å². The molecule has 3 nitrogen and oxygen atoms in total. The van der Waals surface area contributed by atoms with Crippen LogP contribution in [0, 0.1) is 0 Å². The second-order valence-electron chi connectivity index (χ2n) is 3.08. The maximum absolute atomic E-state index is 9.69. The number of para-hydroxylation sites is 1. The maximum atomic E-state index is 9.69. The molecule has 70 valence electrons. The van der Waals surface area contributed by atoms with Gasteiger partial charge in [-0.1, -0.05) is 23.7 Å². The van der Waals surface area contributed by atoms with Crippen molar-refractivity contribution in [3.05, 3.63) is 28.8 Å². The number of nitrogens with two attached hydrogens (primary N) is 1. The van der Waals surface area contributed by atoms with Crippen LogP contribution < -0.4 is 10.5 Å². The van der Waals surface area contributed by atoms with Gasteiger partial charge in [-0.2, -0.15) is 0 Å². The molecule has 0 spiro atoms. The predicted octanol–water partition coefficient (Wildman–Crippen LogP) is 1.09. The molecule has 1 heterocycles. The molecule has 2 atom stereocenters. The number of ether oxygens (including phenoxy) is 1. The van der Waals surface area contributed by atoms with E-state index in [1.165, 1.54) is 0 Å². The van der Waals surface area contributed by atoms with Crippen LogP contribution in [0.1, 0.15) is 11.7 Å². The summed E-state index contributed by atoms with van der Waals surface area (Å²) in [6.07, 6.45) is -0.678. The van der Waals surface area contributed by atoms with Crippen molar-refractivity contribution in [2.75, 3.05) is 6.61 Å². The molecule has 0 fully saturated rings. The maximum Gasteiger partial charge on any atom is 0.143 e. The van der Waals surface area contributed by atoms with Crippen LogP contribution in [0.2, 0.25) is 5.02 Å². The molecule has 2 unspecified atom stereocenters. The summed E-state index contributed by atoms with van der Waals surface area (Å²) >= 11 is 5.88. The van der Waals surface area contributed by atoms with Gasteiger partial charge in [0.2, 0.25) is 0 Å². The third kappa shape index (κ3) is 1.39. The summed E-state index contributed by atoms with van der Waals surface area (Å²) in [4.78, 5) is 0. The van der Waals surface area contributed by atoms with Crippen LogP contribution in [0.15, 0.2) is 18.2 Å². The fraction of sp³-hybridized carbons (Fsp3) is 0.333. The van der Waals surface area contributed by atoms with Crippen molar-refractivity contribution >= 4 is 11.6 Å². The van der Waals surface area contributed by atoms with E-state index in [9.17, 15) is 5.11 Å². The van der Waals surface area contributed by atoms with Crippen molar-refractivity contribution in [3.63, 3.8) is 0 Å². The van der Waals surface area contributed by atoms with E-state index in [-0.39, 0.29) is 6.04 Å². The monoisotopic (exact) mass is 199 g/mol. The fourth-order valence-electron chi connectivity index (χ4n) is 1.41. The van der Waals surface area contributed by atoms with E-state index >= 15 is 0 Å². The zero-order valence-electron chi connectivity index (χ0n) is 6.90. The summed E-state index contributed by atoms with van der Waals surface area (Å²) in [6.45, 7) is 0.303. The first-order chi connectivity index (χ1) is 6.20. The number of aliphatic hydroxyl groups is 1. The predicted molar refractivity (Wildman–Crippen MR) is 49.9 cm³/mol. The number of benzene rings is 1. The van der Waals surface area contributed by atoms with Gasteiger partial charge in [-0.25, -0.2) is 0 Å². The van der Waals surface area contributed by atoms with Gasteiger partial charge in [0.05, 0.1) is 11.1 Å². The Hall–Kier alpha value is -0.770. The van der Waals surface area contributed by atoms with Gasteiger partial charge in [-0.15, -0.1) is 0 Å². The highest BCUT2D eigenvalue weighted by Crippen LogP contribution is 2.36. The lowest BCUT2D eigenvalue weighted by atomic mass is 10.00. The van der Waals surface area contributed by atoms with Gasteiger partial charge < -0.3 is 15.6 Å². The van der Waals surface area contributed by atoms with Crippen molar-refractivity contribution in [2.24, 2.45) is 5.73 Å². The molecule has 4 heteroatoms. The first-order valence-corrected chi connectivity index (χ1v) is 4.43. The summed E-state index contributed by atoms with van der Waals surface area (Å²) < 4.78 is 5.32. The highest BCUT2D eigenvalue weighted by molar-refractivity contribution is 6.32. The lowest BCUT2D eigenvalue weighted by molar-refractivity contribution is 0.0916. The molecule has 0 aliphatic carbocycles. The van der Waals surface area contributed by atoms with Crippen LogP contribution in [0.3, 0.4) is 0 Å². The largest absolute Gasteiger partial charge is 0.490 e. The fourth-order valence-corrected chi connectivity index (χ4v) is 1.65. The van der Waals surface area contributed by atoms with Crippen LogP contribution >= 0.6 is 11.6 Å². The summed E-state index contributed by atoms with van der Waals surface area (Å²) in [6, 6.07) is 4.90. The van der Waals surface area contributed by atoms with Crippen LogP contribution in [-0.2, 0) is 0 Å². The van der Waals surface area contributed by atoms with E-state index in [0.29, 0.717) is 22.9 Å². The van der Waals surface area contributed by atoms with Crippen LogP contribution in [-0.4, -0.2) is 17.8 Å². The van der Waals surface area contributed by atoms with Gasteiger partial charge in [0.25, 0.3) is 0 Å². The zero-order valence-corrected chi connectivity index (χ0v) is 7.66. The van der Waals surface area contributed by atoms with Crippen molar-refractivity contribution in [3.8, 4) is 5.75 Å². The van der Waals surface area contributed by atoms with Crippen molar-refractivity contribution in [1.29, 1.82) is 0 Å². The Balaban J connectivity index is 2.49.